The Bertz CT molecular complexity index is 741. The Kier molecular flexibility index (Phi) is 3.64. The van der Waals surface area contributed by atoms with Crippen LogP contribution in [-0.2, 0) is 19.6 Å². The standard InChI is InChI=1S/C11H10N2O7S/c1-20-10(14)4-5-12-11(15)8-6-7(13(16)17)2-3-9(8)21(12,18)19/h2-3,6H,4-5H2,1H3. The van der Waals surface area contributed by atoms with Gasteiger partial charge in [0.2, 0.25) is 0 Å². The van der Waals surface area contributed by atoms with Gasteiger partial charge in [0.05, 0.1) is 24.0 Å². The van der Waals surface area contributed by atoms with Crippen molar-refractivity contribution in [2.24, 2.45) is 0 Å². The summed E-state index contributed by atoms with van der Waals surface area (Å²) >= 11 is 0. The van der Waals surface area contributed by atoms with E-state index in [9.17, 15) is 28.1 Å². The number of ether oxygens (including phenoxy) is 1. The van der Waals surface area contributed by atoms with Crippen LogP contribution in [0, 0.1) is 10.1 Å². The van der Waals surface area contributed by atoms with E-state index in [1.165, 1.54) is 0 Å². The third-order valence-corrected chi connectivity index (χ3v) is 4.79. The molecule has 1 aliphatic heterocycles. The number of nitro benzene ring substituents is 1. The molecule has 0 aliphatic carbocycles. The summed E-state index contributed by atoms with van der Waals surface area (Å²) in [7, 11) is -2.95. The van der Waals surface area contributed by atoms with E-state index in [4.69, 9.17) is 0 Å². The third-order valence-electron chi connectivity index (χ3n) is 2.95. The molecule has 0 bridgehead atoms. The van der Waals surface area contributed by atoms with Gasteiger partial charge in [-0.25, -0.2) is 12.7 Å². The van der Waals surface area contributed by atoms with Crippen LogP contribution in [0.25, 0.3) is 0 Å². The summed E-state index contributed by atoms with van der Waals surface area (Å²) < 4.78 is 29.2. The molecule has 0 radical (unpaired) electrons. The molecule has 1 amide bonds. The minimum Gasteiger partial charge on any atom is -0.469 e. The Balaban J connectivity index is 2.39. The van der Waals surface area contributed by atoms with E-state index in [0.29, 0.717) is 4.31 Å². The number of esters is 1. The second-order valence-electron chi connectivity index (χ2n) is 4.15. The fourth-order valence-electron chi connectivity index (χ4n) is 1.90. The number of fused-ring (bicyclic) bond motifs is 1. The first-order valence-electron chi connectivity index (χ1n) is 5.71. The van der Waals surface area contributed by atoms with Crippen LogP contribution in [-0.4, -0.2) is 43.2 Å². The number of methoxy groups -OCH3 is 1. The second kappa shape index (κ2) is 5.13. The van der Waals surface area contributed by atoms with Crippen molar-refractivity contribution in [3.8, 4) is 0 Å². The highest BCUT2D eigenvalue weighted by molar-refractivity contribution is 7.90. The molecule has 0 fully saturated rings. The van der Waals surface area contributed by atoms with Crippen LogP contribution in [0.2, 0.25) is 0 Å². The van der Waals surface area contributed by atoms with Gasteiger partial charge in [-0.3, -0.25) is 19.7 Å². The van der Waals surface area contributed by atoms with Crippen molar-refractivity contribution < 1.29 is 27.7 Å². The zero-order valence-electron chi connectivity index (χ0n) is 10.8. The molecule has 1 aliphatic rings. The molecule has 21 heavy (non-hydrogen) atoms. The number of amides is 1. The first-order chi connectivity index (χ1) is 9.78. The van der Waals surface area contributed by atoms with Crippen molar-refractivity contribution in [2.45, 2.75) is 11.3 Å². The summed E-state index contributed by atoms with van der Waals surface area (Å²) in [5.41, 5.74) is -0.652. The number of carbonyl (C=O) groups is 2. The summed E-state index contributed by atoms with van der Waals surface area (Å²) in [5, 5.41) is 10.7. The van der Waals surface area contributed by atoms with Gasteiger partial charge in [-0.05, 0) is 6.07 Å². The van der Waals surface area contributed by atoms with Gasteiger partial charge in [0.25, 0.3) is 21.6 Å². The fraction of sp³-hybridized carbons (Fsp3) is 0.273. The summed E-state index contributed by atoms with van der Waals surface area (Å²) in [5.74, 6) is -1.56. The Labute approximate surface area is 119 Å². The van der Waals surface area contributed by atoms with Gasteiger partial charge in [-0.1, -0.05) is 0 Å². The van der Waals surface area contributed by atoms with Gasteiger partial charge < -0.3 is 4.74 Å². The van der Waals surface area contributed by atoms with Gasteiger partial charge in [-0.15, -0.1) is 0 Å². The van der Waals surface area contributed by atoms with Crippen LogP contribution in [0.5, 0.6) is 0 Å². The van der Waals surface area contributed by atoms with Gasteiger partial charge >= 0.3 is 5.97 Å². The summed E-state index contributed by atoms with van der Waals surface area (Å²) in [4.78, 5) is 32.8. The van der Waals surface area contributed by atoms with E-state index in [1.54, 1.807) is 0 Å². The molecule has 10 heteroatoms. The molecular weight excluding hydrogens is 304 g/mol. The zero-order chi connectivity index (χ0) is 15.8. The van der Waals surface area contributed by atoms with Crippen molar-refractivity contribution >= 4 is 27.6 Å². The minimum absolute atomic E-state index is 0.269. The fourth-order valence-corrected chi connectivity index (χ4v) is 3.45. The van der Waals surface area contributed by atoms with Gasteiger partial charge in [0.15, 0.2) is 0 Å². The topological polar surface area (TPSA) is 124 Å². The lowest BCUT2D eigenvalue weighted by molar-refractivity contribution is -0.384. The highest BCUT2D eigenvalue weighted by atomic mass is 32.2. The van der Waals surface area contributed by atoms with Crippen molar-refractivity contribution in [1.29, 1.82) is 0 Å². The van der Waals surface area contributed by atoms with Gasteiger partial charge in [0.1, 0.15) is 4.90 Å². The third kappa shape index (κ3) is 2.44. The van der Waals surface area contributed by atoms with Crippen LogP contribution >= 0.6 is 0 Å². The van der Waals surface area contributed by atoms with E-state index >= 15 is 0 Å². The molecule has 112 valence electrons. The number of benzene rings is 1. The van der Waals surface area contributed by atoms with Crippen LogP contribution in [0.3, 0.4) is 0 Å². The number of sulfonamides is 1. The van der Waals surface area contributed by atoms with Crippen molar-refractivity contribution in [3.05, 3.63) is 33.9 Å². The average molecular weight is 314 g/mol. The Morgan fingerprint density at radius 2 is 2.10 bits per heavy atom. The predicted octanol–water partition coefficient (Wildman–Crippen LogP) is 0.302. The number of hydrogen-bond donors (Lipinski definition) is 0. The normalized spacial score (nSPS) is 15.7. The molecule has 0 spiro atoms. The monoisotopic (exact) mass is 314 g/mol. The zero-order valence-corrected chi connectivity index (χ0v) is 11.6. The Hall–Kier alpha value is -2.49. The second-order valence-corrected chi connectivity index (χ2v) is 5.98. The number of non-ortho nitro benzene ring substituents is 1. The lowest BCUT2D eigenvalue weighted by atomic mass is 10.2. The number of carbonyl (C=O) groups excluding carboxylic acids is 2. The number of nitro groups is 1. The Morgan fingerprint density at radius 1 is 1.43 bits per heavy atom. The molecule has 1 aromatic rings. The van der Waals surface area contributed by atoms with Crippen molar-refractivity contribution in [3.63, 3.8) is 0 Å². The predicted molar refractivity (Wildman–Crippen MR) is 68.0 cm³/mol. The number of nitrogens with zero attached hydrogens (tertiary/aromatic N) is 2. The van der Waals surface area contributed by atoms with E-state index in [-0.39, 0.29) is 29.1 Å². The van der Waals surface area contributed by atoms with Crippen molar-refractivity contribution in [1.82, 2.24) is 4.31 Å². The quantitative estimate of drug-likeness (QED) is 0.444. The highest BCUT2D eigenvalue weighted by Crippen LogP contribution is 2.32. The summed E-state index contributed by atoms with van der Waals surface area (Å²) in [6.07, 6.45) is -0.294. The van der Waals surface area contributed by atoms with Crippen LogP contribution in [0.15, 0.2) is 23.1 Å². The molecule has 0 saturated heterocycles. The van der Waals surface area contributed by atoms with Gasteiger partial charge in [0, 0.05) is 18.7 Å². The molecule has 0 aromatic heterocycles. The highest BCUT2D eigenvalue weighted by Gasteiger charge is 2.42. The van der Waals surface area contributed by atoms with Crippen LogP contribution in [0.1, 0.15) is 16.8 Å². The van der Waals surface area contributed by atoms with E-state index in [2.05, 4.69) is 4.74 Å². The molecular formula is C11H10N2O7S. The first-order valence-corrected chi connectivity index (χ1v) is 7.15. The number of rotatable bonds is 4. The lowest BCUT2D eigenvalue weighted by Gasteiger charge is -2.13. The molecule has 0 unspecified atom stereocenters. The van der Waals surface area contributed by atoms with E-state index in [0.717, 1.165) is 25.3 Å². The first kappa shape index (κ1) is 14.9. The van der Waals surface area contributed by atoms with Gasteiger partial charge in [-0.2, -0.15) is 0 Å². The summed E-state index contributed by atoms with van der Waals surface area (Å²) in [6.45, 7) is -0.379. The summed E-state index contributed by atoms with van der Waals surface area (Å²) in [6, 6.07) is 2.93. The molecule has 2 rings (SSSR count). The lowest BCUT2D eigenvalue weighted by Crippen LogP contribution is -2.32. The Morgan fingerprint density at radius 3 is 2.67 bits per heavy atom. The minimum atomic E-state index is -4.09. The average Bonchev–Trinajstić information content (AvgIpc) is 2.63. The van der Waals surface area contributed by atoms with Crippen LogP contribution < -0.4 is 0 Å². The molecule has 0 N–H and O–H groups in total. The molecule has 9 nitrogen and oxygen atoms in total. The largest absolute Gasteiger partial charge is 0.469 e. The number of hydrogen-bond acceptors (Lipinski definition) is 7. The van der Waals surface area contributed by atoms with E-state index in [1.807, 2.05) is 0 Å². The van der Waals surface area contributed by atoms with Crippen LogP contribution in [0.4, 0.5) is 5.69 Å². The maximum atomic E-state index is 12.2. The molecule has 0 saturated carbocycles. The SMILES string of the molecule is COC(=O)CCN1C(=O)c2cc([N+](=O)[O-])ccc2S1(=O)=O. The molecule has 1 aromatic carbocycles. The van der Waals surface area contributed by atoms with Crippen molar-refractivity contribution in [2.75, 3.05) is 13.7 Å². The maximum absolute atomic E-state index is 12.2. The smallest absolute Gasteiger partial charge is 0.307 e. The van der Waals surface area contributed by atoms with E-state index < -0.39 is 26.8 Å². The molecule has 0 atom stereocenters. The maximum Gasteiger partial charge on any atom is 0.307 e. The molecule has 1 heterocycles.